The summed E-state index contributed by atoms with van der Waals surface area (Å²) < 4.78 is 42.6. The van der Waals surface area contributed by atoms with Crippen molar-refractivity contribution < 1.29 is 18.0 Å². The molecule has 0 fully saturated rings. The summed E-state index contributed by atoms with van der Waals surface area (Å²) >= 11 is 0. The van der Waals surface area contributed by atoms with Crippen LogP contribution < -0.4 is 5.73 Å². The number of hydrogen-bond acceptors (Lipinski definition) is 4. The predicted octanol–water partition coefficient (Wildman–Crippen LogP) is 4.15. The summed E-state index contributed by atoms with van der Waals surface area (Å²) in [4.78, 5) is 15.0. The Bertz CT molecular complexity index is 1390. The Morgan fingerprint density at radius 1 is 0.943 bits per heavy atom. The first-order chi connectivity index (χ1) is 16.9. The number of rotatable bonds is 5. The van der Waals surface area contributed by atoms with Gasteiger partial charge in [0.2, 0.25) is 5.91 Å². The maximum atomic E-state index is 14.1. The molecular weight excluding hydrogens is 455 g/mol. The molecule has 1 amide bonds. The zero-order chi connectivity index (χ0) is 24.5. The standard InChI is InChI=1S/C26H22F3N5O/c27-20-13-22(29)21(28)11-18(20)10-19(30)12-25(35)33-14-17-8-4-5-9-23(17)34-24(15-33)26(31-32-34)16-6-2-1-3-7-16/h1-9,11,13,19H,10,12,14-15,30H2/t19-/m1/s1. The van der Waals surface area contributed by atoms with Crippen molar-refractivity contribution in [2.24, 2.45) is 5.73 Å². The molecule has 3 aromatic carbocycles. The van der Waals surface area contributed by atoms with E-state index in [9.17, 15) is 18.0 Å². The highest BCUT2D eigenvalue weighted by Gasteiger charge is 2.28. The normalized spacial score (nSPS) is 13.7. The van der Waals surface area contributed by atoms with Crippen molar-refractivity contribution in [3.05, 3.63) is 101 Å². The average molecular weight is 477 g/mol. The predicted molar refractivity (Wildman–Crippen MR) is 124 cm³/mol. The van der Waals surface area contributed by atoms with Crippen molar-refractivity contribution in [3.63, 3.8) is 0 Å². The summed E-state index contributed by atoms with van der Waals surface area (Å²) in [7, 11) is 0. The molecule has 0 bridgehead atoms. The second-order valence-electron chi connectivity index (χ2n) is 8.57. The second kappa shape index (κ2) is 9.34. The fourth-order valence-electron chi connectivity index (χ4n) is 4.36. The number of fused-ring (bicyclic) bond motifs is 3. The lowest BCUT2D eigenvalue weighted by Crippen LogP contribution is -2.36. The quantitative estimate of drug-likeness (QED) is 0.438. The van der Waals surface area contributed by atoms with Crippen molar-refractivity contribution >= 4 is 5.91 Å². The van der Waals surface area contributed by atoms with Crippen LogP contribution in [-0.2, 0) is 24.3 Å². The third-order valence-corrected chi connectivity index (χ3v) is 6.09. The number of para-hydroxylation sites is 1. The van der Waals surface area contributed by atoms with E-state index in [1.807, 2.05) is 54.6 Å². The molecule has 4 aromatic rings. The van der Waals surface area contributed by atoms with Crippen LogP contribution >= 0.6 is 0 Å². The average Bonchev–Trinajstić information content (AvgIpc) is 3.18. The Kier molecular flexibility index (Phi) is 6.08. The fraction of sp³-hybridized carbons (Fsp3) is 0.192. The molecule has 2 N–H and O–H groups in total. The van der Waals surface area contributed by atoms with Crippen molar-refractivity contribution in [2.75, 3.05) is 0 Å². The maximum absolute atomic E-state index is 14.1. The first-order valence-corrected chi connectivity index (χ1v) is 11.2. The third kappa shape index (κ3) is 4.54. The van der Waals surface area contributed by atoms with E-state index < -0.39 is 23.5 Å². The number of nitrogens with two attached hydrogens (primary N) is 1. The number of carbonyl (C=O) groups is 1. The van der Waals surface area contributed by atoms with Crippen molar-refractivity contribution in [3.8, 4) is 16.9 Å². The zero-order valence-electron chi connectivity index (χ0n) is 18.7. The molecule has 1 aliphatic heterocycles. The van der Waals surface area contributed by atoms with Crippen LogP contribution in [-0.4, -0.2) is 31.8 Å². The Morgan fingerprint density at radius 2 is 1.66 bits per heavy atom. The molecule has 5 rings (SSSR count). The molecule has 0 spiro atoms. The van der Waals surface area contributed by atoms with Gasteiger partial charge in [0.1, 0.15) is 11.5 Å². The number of benzene rings is 3. The lowest BCUT2D eigenvalue weighted by atomic mass is 10.0. The number of nitrogens with zero attached hydrogens (tertiary/aromatic N) is 4. The summed E-state index contributed by atoms with van der Waals surface area (Å²) in [6.45, 7) is 0.579. The molecule has 9 heteroatoms. The van der Waals surface area contributed by atoms with Crippen LogP contribution in [0.4, 0.5) is 13.2 Å². The van der Waals surface area contributed by atoms with Crippen LogP contribution in [0.1, 0.15) is 23.2 Å². The van der Waals surface area contributed by atoms with E-state index in [0.717, 1.165) is 28.6 Å². The smallest absolute Gasteiger partial charge is 0.224 e. The highest BCUT2D eigenvalue weighted by molar-refractivity contribution is 5.77. The van der Waals surface area contributed by atoms with E-state index in [4.69, 9.17) is 5.73 Å². The van der Waals surface area contributed by atoms with Gasteiger partial charge in [0, 0.05) is 30.6 Å². The third-order valence-electron chi connectivity index (χ3n) is 6.09. The monoisotopic (exact) mass is 477 g/mol. The first kappa shape index (κ1) is 22.8. The molecule has 0 radical (unpaired) electrons. The Hall–Kier alpha value is -3.98. The second-order valence-corrected chi connectivity index (χ2v) is 8.57. The van der Waals surface area contributed by atoms with Gasteiger partial charge in [-0.05, 0) is 29.7 Å². The maximum Gasteiger partial charge on any atom is 0.224 e. The minimum Gasteiger partial charge on any atom is -0.332 e. The largest absolute Gasteiger partial charge is 0.332 e. The molecule has 1 aromatic heterocycles. The number of aromatic nitrogens is 3. The number of carbonyl (C=O) groups excluding carboxylic acids is 1. The van der Waals surface area contributed by atoms with Crippen LogP contribution in [0.3, 0.4) is 0 Å². The van der Waals surface area contributed by atoms with Gasteiger partial charge in [0.05, 0.1) is 17.9 Å². The summed E-state index contributed by atoms with van der Waals surface area (Å²) in [5.41, 5.74) is 10.1. The van der Waals surface area contributed by atoms with E-state index in [0.29, 0.717) is 18.3 Å². The van der Waals surface area contributed by atoms with Gasteiger partial charge in [-0.1, -0.05) is 53.7 Å². The number of halogens is 3. The van der Waals surface area contributed by atoms with Crippen molar-refractivity contribution in [1.82, 2.24) is 19.9 Å². The fourth-order valence-corrected chi connectivity index (χ4v) is 4.36. The minimum atomic E-state index is -1.27. The Balaban J connectivity index is 1.42. The summed E-state index contributed by atoms with van der Waals surface area (Å²) in [6, 6.07) is 17.7. The molecule has 0 unspecified atom stereocenters. The zero-order valence-corrected chi connectivity index (χ0v) is 18.7. The highest BCUT2D eigenvalue weighted by atomic mass is 19.2. The van der Waals surface area contributed by atoms with Crippen LogP contribution in [0.5, 0.6) is 0 Å². The van der Waals surface area contributed by atoms with Gasteiger partial charge in [-0.3, -0.25) is 4.79 Å². The van der Waals surface area contributed by atoms with Crippen molar-refractivity contribution in [1.29, 1.82) is 0 Å². The van der Waals surface area contributed by atoms with E-state index >= 15 is 0 Å². The molecule has 35 heavy (non-hydrogen) atoms. The van der Waals surface area contributed by atoms with Gasteiger partial charge >= 0.3 is 0 Å². The lowest BCUT2D eigenvalue weighted by molar-refractivity contribution is -0.132. The van der Waals surface area contributed by atoms with Gasteiger partial charge < -0.3 is 10.6 Å². The molecule has 0 saturated carbocycles. The van der Waals surface area contributed by atoms with E-state index in [-0.39, 0.29) is 30.9 Å². The molecule has 1 aliphatic rings. The topological polar surface area (TPSA) is 77.0 Å². The van der Waals surface area contributed by atoms with Crippen molar-refractivity contribution in [2.45, 2.75) is 32.0 Å². The van der Waals surface area contributed by atoms with E-state index in [2.05, 4.69) is 10.3 Å². The van der Waals surface area contributed by atoms with Crippen LogP contribution in [0, 0.1) is 17.5 Å². The molecule has 1 atom stereocenters. The summed E-state index contributed by atoms with van der Waals surface area (Å²) in [5, 5.41) is 8.75. The van der Waals surface area contributed by atoms with Gasteiger partial charge in [-0.15, -0.1) is 5.10 Å². The highest BCUT2D eigenvalue weighted by Crippen LogP contribution is 2.30. The van der Waals surface area contributed by atoms with Crippen LogP contribution in [0.15, 0.2) is 66.7 Å². The molecule has 6 nitrogen and oxygen atoms in total. The van der Waals surface area contributed by atoms with Gasteiger partial charge in [-0.25, -0.2) is 17.9 Å². The van der Waals surface area contributed by atoms with Gasteiger partial charge in [-0.2, -0.15) is 0 Å². The van der Waals surface area contributed by atoms with E-state index in [1.165, 1.54) is 0 Å². The molecule has 2 heterocycles. The summed E-state index contributed by atoms with van der Waals surface area (Å²) in [5.74, 6) is -3.56. The van der Waals surface area contributed by atoms with E-state index in [1.54, 1.807) is 9.58 Å². The number of hydrogen-bond donors (Lipinski definition) is 1. The number of amides is 1. The van der Waals surface area contributed by atoms with Gasteiger partial charge in [0.15, 0.2) is 11.6 Å². The molecule has 0 saturated heterocycles. The SMILES string of the molecule is N[C@@H](CC(=O)N1Cc2ccccc2-n2nnc(-c3ccccc3)c2C1)Cc1cc(F)c(F)cc1F. The molecule has 178 valence electrons. The Morgan fingerprint density at radius 3 is 2.46 bits per heavy atom. The van der Waals surface area contributed by atoms with Gasteiger partial charge in [0.25, 0.3) is 0 Å². The van der Waals surface area contributed by atoms with Crippen LogP contribution in [0.25, 0.3) is 16.9 Å². The Labute approximate surface area is 199 Å². The lowest BCUT2D eigenvalue weighted by Gasteiger charge is -2.23. The minimum absolute atomic E-state index is 0.0703. The molecule has 0 aliphatic carbocycles. The van der Waals surface area contributed by atoms with Crippen LogP contribution in [0.2, 0.25) is 0 Å². The molecular formula is C26H22F3N5O. The summed E-state index contributed by atoms with van der Waals surface area (Å²) in [6.07, 6.45) is -0.198. The first-order valence-electron chi connectivity index (χ1n) is 11.2.